The lowest BCUT2D eigenvalue weighted by Crippen LogP contribution is -1.90. The SMILES string of the molecule is Nc1cccc(C=Cc2ccc(O)cc2)n1. The van der Waals surface area contributed by atoms with Crippen molar-refractivity contribution < 1.29 is 5.11 Å². The Morgan fingerprint density at radius 1 is 1.00 bits per heavy atom. The van der Waals surface area contributed by atoms with E-state index in [1.165, 1.54) is 0 Å². The highest BCUT2D eigenvalue weighted by Crippen LogP contribution is 2.12. The molecule has 1 heterocycles. The Labute approximate surface area is 93.9 Å². The molecule has 0 unspecified atom stereocenters. The molecule has 0 saturated carbocycles. The molecule has 0 aliphatic carbocycles. The predicted octanol–water partition coefficient (Wildman–Crippen LogP) is 2.54. The molecular weight excluding hydrogens is 200 g/mol. The van der Waals surface area contributed by atoms with Gasteiger partial charge in [0, 0.05) is 0 Å². The van der Waals surface area contributed by atoms with E-state index in [1.54, 1.807) is 18.2 Å². The fourth-order valence-corrected chi connectivity index (χ4v) is 1.33. The van der Waals surface area contributed by atoms with Gasteiger partial charge in [0.15, 0.2) is 0 Å². The lowest BCUT2D eigenvalue weighted by Gasteiger charge is -1.96. The van der Waals surface area contributed by atoms with Crippen molar-refractivity contribution in [2.75, 3.05) is 5.73 Å². The summed E-state index contributed by atoms with van der Waals surface area (Å²) in [6, 6.07) is 12.4. The van der Waals surface area contributed by atoms with Crippen LogP contribution in [-0.4, -0.2) is 10.1 Å². The van der Waals surface area contributed by atoms with Gasteiger partial charge >= 0.3 is 0 Å². The van der Waals surface area contributed by atoms with Gasteiger partial charge in [0.1, 0.15) is 11.6 Å². The van der Waals surface area contributed by atoms with Gasteiger partial charge in [0.25, 0.3) is 0 Å². The maximum atomic E-state index is 9.13. The second-order valence-corrected chi connectivity index (χ2v) is 3.41. The molecular formula is C13H12N2O. The minimum atomic E-state index is 0.263. The normalized spacial score (nSPS) is 10.8. The molecule has 16 heavy (non-hydrogen) atoms. The molecule has 3 heteroatoms. The first-order chi connectivity index (χ1) is 7.74. The first-order valence-corrected chi connectivity index (χ1v) is 4.94. The Kier molecular flexibility index (Phi) is 2.87. The van der Waals surface area contributed by atoms with E-state index in [0.717, 1.165) is 11.3 Å². The zero-order valence-electron chi connectivity index (χ0n) is 8.67. The summed E-state index contributed by atoms with van der Waals surface area (Å²) < 4.78 is 0. The van der Waals surface area contributed by atoms with Crippen LogP contribution in [-0.2, 0) is 0 Å². The van der Waals surface area contributed by atoms with Gasteiger partial charge < -0.3 is 10.8 Å². The molecule has 2 rings (SSSR count). The van der Waals surface area contributed by atoms with Crippen molar-refractivity contribution in [2.45, 2.75) is 0 Å². The number of anilines is 1. The number of nitrogens with zero attached hydrogens (tertiary/aromatic N) is 1. The molecule has 3 nitrogen and oxygen atoms in total. The Hall–Kier alpha value is -2.29. The number of phenols is 1. The number of rotatable bonds is 2. The minimum absolute atomic E-state index is 0.263. The van der Waals surface area contributed by atoms with Crippen molar-refractivity contribution in [3.8, 4) is 5.75 Å². The number of hydrogen-bond acceptors (Lipinski definition) is 3. The van der Waals surface area contributed by atoms with Crippen molar-refractivity contribution in [2.24, 2.45) is 0 Å². The van der Waals surface area contributed by atoms with E-state index in [9.17, 15) is 0 Å². The fourth-order valence-electron chi connectivity index (χ4n) is 1.33. The van der Waals surface area contributed by atoms with Crippen molar-refractivity contribution >= 4 is 18.0 Å². The molecule has 0 aliphatic heterocycles. The summed E-state index contributed by atoms with van der Waals surface area (Å²) in [6.07, 6.45) is 3.80. The molecule has 0 spiro atoms. The van der Waals surface area contributed by atoms with E-state index >= 15 is 0 Å². The molecule has 0 amide bonds. The number of nitrogen functional groups attached to an aromatic ring is 1. The number of aromatic nitrogens is 1. The molecule has 0 radical (unpaired) electrons. The molecule has 0 saturated heterocycles. The largest absolute Gasteiger partial charge is 0.508 e. The number of hydrogen-bond donors (Lipinski definition) is 2. The Morgan fingerprint density at radius 2 is 1.75 bits per heavy atom. The average molecular weight is 212 g/mol. The molecule has 0 fully saturated rings. The predicted molar refractivity (Wildman–Crippen MR) is 65.7 cm³/mol. The van der Waals surface area contributed by atoms with Crippen LogP contribution < -0.4 is 5.73 Å². The monoisotopic (exact) mass is 212 g/mol. The van der Waals surface area contributed by atoms with Gasteiger partial charge in [-0.15, -0.1) is 0 Å². The molecule has 0 atom stereocenters. The summed E-state index contributed by atoms with van der Waals surface area (Å²) in [6.45, 7) is 0. The van der Waals surface area contributed by atoms with Crippen LogP contribution in [0.3, 0.4) is 0 Å². The number of pyridine rings is 1. The second-order valence-electron chi connectivity index (χ2n) is 3.41. The van der Waals surface area contributed by atoms with Gasteiger partial charge in [-0.2, -0.15) is 0 Å². The second kappa shape index (κ2) is 4.49. The van der Waals surface area contributed by atoms with Crippen LogP contribution in [0.2, 0.25) is 0 Å². The van der Waals surface area contributed by atoms with E-state index in [4.69, 9.17) is 10.8 Å². The van der Waals surface area contributed by atoms with Crippen LogP contribution in [0.1, 0.15) is 11.3 Å². The van der Waals surface area contributed by atoms with Crippen molar-refractivity contribution in [1.29, 1.82) is 0 Å². The highest BCUT2D eigenvalue weighted by atomic mass is 16.3. The zero-order chi connectivity index (χ0) is 11.4. The standard InChI is InChI=1S/C13H12N2O/c14-13-3-1-2-11(15-13)7-4-10-5-8-12(16)9-6-10/h1-9,16H,(H2,14,15). The first-order valence-electron chi connectivity index (χ1n) is 4.94. The lowest BCUT2D eigenvalue weighted by molar-refractivity contribution is 0.475. The van der Waals surface area contributed by atoms with E-state index in [0.29, 0.717) is 5.82 Å². The first kappa shape index (κ1) is 10.2. The topological polar surface area (TPSA) is 59.1 Å². The number of aromatic hydroxyl groups is 1. The summed E-state index contributed by atoms with van der Waals surface area (Å²) in [4.78, 5) is 4.15. The molecule has 1 aromatic heterocycles. The molecule has 0 bridgehead atoms. The van der Waals surface area contributed by atoms with E-state index in [2.05, 4.69) is 4.98 Å². The van der Waals surface area contributed by atoms with Gasteiger partial charge in [0.05, 0.1) is 5.69 Å². The zero-order valence-corrected chi connectivity index (χ0v) is 8.67. The van der Waals surface area contributed by atoms with Crippen LogP contribution >= 0.6 is 0 Å². The molecule has 1 aromatic carbocycles. The average Bonchev–Trinajstić information content (AvgIpc) is 2.28. The van der Waals surface area contributed by atoms with Crippen LogP contribution in [0.5, 0.6) is 5.75 Å². The third-order valence-corrected chi connectivity index (χ3v) is 2.13. The summed E-state index contributed by atoms with van der Waals surface area (Å²) in [5.41, 5.74) is 7.38. The molecule has 2 aromatic rings. The highest BCUT2D eigenvalue weighted by Gasteiger charge is 1.91. The minimum Gasteiger partial charge on any atom is -0.508 e. The van der Waals surface area contributed by atoms with Gasteiger partial charge in [-0.1, -0.05) is 24.3 Å². The molecule has 3 N–H and O–H groups in total. The van der Waals surface area contributed by atoms with Crippen molar-refractivity contribution in [3.05, 3.63) is 53.7 Å². The number of benzene rings is 1. The summed E-state index contributed by atoms with van der Waals surface area (Å²) >= 11 is 0. The van der Waals surface area contributed by atoms with Crippen molar-refractivity contribution in [1.82, 2.24) is 4.98 Å². The van der Waals surface area contributed by atoms with Gasteiger partial charge in [-0.3, -0.25) is 0 Å². The summed E-state index contributed by atoms with van der Waals surface area (Å²) in [7, 11) is 0. The highest BCUT2D eigenvalue weighted by molar-refractivity contribution is 5.68. The van der Waals surface area contributed by atoms with E-state index in [1.807, 2.05) is 36.4 Å². The smallest absolute Gasteiger partial charge is 0.124 e. The third-order valence-electron chi connectivity index (χ3n) is 2.13. The maximum Gasteiger partial charge on any atom is 0.124 e. The lowest BCUT2D eigenvalue weighted by atomic mass is 10.2. The summed E-state index contributed by atoms with van der Waals surface area (Å²) in [5, 5.41) is 9.13. The van der Waals surface area contributed by atoms with Crippen LogP contribution in [0.25, 0.3) is 12.2 Å². The number of phenolic OH excluding ortho intramolecular Hbond substituents is 1. The number of nitrogens with two attached hydrogens (primary N) is 1. The quantitative estimate of drug-likeness (QED) is 0.804. The third kappa shape index (κ3) is 2.60. The Balaban J connectivity index is 2.18. The van der Waals surface area contributed by atoms with E-state index in [-0.39, 0.29) is 5.75 Å². The maximum absolute atomic E-state index is 9.13. The van der Waals surface area contributed by atoms with Gasteiger partial charge in [-0.05, 0) is 35.9 Å². The Bertz CT molecular complexity index is 504. The van der Waals surface area contributed by atoms with Gasteiger partial charge in [0.2, 0.25) is 0 Å². The summed E-state index contributed by atoms with van der Waals surface area (Å²) in [5.74, 6) is 0.770. The van der Waals surface area contributed by atoms with Crippen LogP contribution in [0.15, 0.2) is 42.5 Å². The molecule has 0 aliphatic rings. The molecule has 80 valence electrons. The van der Waals surface area contributed by atoms with E-state index < -0.39 is 0 Å². The van der Waals surface area contributed by atoms with Gasteiger partial charge in [-0.25, -0.2) is 4.98 Å². The fraction of sp³-hybridized carbons (Fsp3) is 0. The Morgan fingerprint density at radius 3 is 2.44 bits per heavy atom. The van der Waals surface area contributed by atoms with Crippen LogP contribution in [0, 0.1) is 0 Å². The van der Waals surface area contributed by atoms with Crippen molar-refractivity contribution in [3.63, 3.8) is 0 Å². The van der Waals surface area contributed by atoms with Crippen LogP contribution in [0.4, 0.5) is 5.82 Å².